The molecule has 0 spiro atoms. The van der Waals surface area contributed by atoms with Crippen molar-refractivity contribution in [1.82, 2.24) is 15.4 Å². The number of H-pyrrole nitrogens is 1. The number of aromatic amines is 1. The Labute approximate surface area is 103 Å². The van der Waals surface area contributed by atoms with Crippen molar-refractivity contribution < 1.29 is 14.3 Å². The minimum absolute atomic E-state index is 0.0655. The highest BCUT2D eigenvalue weighted by Gasteiger charge is 2.20. The van der Waals surface area contributed by atoms with Gasteiger partial charge in [-0.05, 0) is 28.1 Å². The standard InChI is InChI=1S/C9H6BrFN4O2/c10-5-4(11)2-1-3(8(5)16)6-7(9(12)17)14-15-13-6/h1-2,16H,(H2,12,17)(H,13,14,15). The van der Waals surface area contributed by atoms with Crippen LogP contribution < -0.4 is 5.73 Å². The summed E-state index contributed by atoms with van der Waals surface area (Å²) in [7, 11) is 0. The fraction of sp³-hybridized carbons (Fsp3) is 0. The molecule has 8 heteroatoms. The van der Waals surface area contributed by atoms with Gasteiger partial charge in [-0.3, -0.25) is 4.79 Å². The number of halogens is 2. The van der Waals surface area contributed by atoms with Crippen LogP contribution in [0.1, 0.15) is 10.5 Å². The van der Waals surface area contributed by atoms with Crippen molar-refractivity contribution in [3.05, 3.63) is 28.1 Å². The second-order valence-corrected chi connectivity index (χ2v) is 3.94. The highest BCUT2D eigenvalue weighted by atomic mass is 79.9. The lowest BCUT2D eigenvalue weighted by atomic mass is 10.1. The van der Waals surface area contributed by atoms with Gasteiger partial charge in [-0.2, -0.15) is 15.4 Å². The number of primary amides is 1. The average Bonchev–Trinajstić information content (AvgIpc) is 2.75. The zero-order chi connectivity index (χ0) is 12.6. The van der Waals surface area contributed by atoms with Gasteiger partial charge in [0.05, 0.1) is 4.47 Å². The monoisotopic (exact) mass is 300 g/mol. The average molecular weight is 301 g/mol. The molecule has 0 atom stereocenters. The summed E-state index contributed by atoms with van der Waals surface area (Å²) in [5.41, 5.74) is 5.18. The van der Waals surface area contributed by atoms with E-state index in [1.54, 1.807) is 0 Å². The van der Waals surface area contributed by atoms with E-state index in [1.165, 1.54) is 6.07 Å². The van der Waals surface area contributed by atoms with Gasteiger partial charge in [0.25, 0.3) is 5.91 Å². The Morgan fingerprint density at radius 3 is 2.82 bits per heavy atom. The molecule has 88 valence electrons. The smallest absolute Gasteiger partial charge is 0.271 e. The van der Waals surface area contributed by atoms with E-state index in [1.807, 2.05) is 0 Å². The van der Waals surface area contributed by atoms with E-state index >= 15 is 0 Å². The molecule has 4 N–H and O–H groups in total. The summed E-state index contributed by atoms with van der Waals surface area (Å²) >= 11 is 2.88. The summed E-state index contributed by atoms with van der Waals surface area (Å²) in [6.45, 7) is 0. The molecule has 1 aromatic heterocycles. The fourth-order valence-corrected chi connectivity index (χ4v) is 1.67. The predicted molar refractivity (Wildman–Crippen MR) is 59.7 cm³/mol. The Hall–Kier alpha value is -1.96. The second kappa shape index (κ2) is 4.13. The minimum atomic E-state index is -0.798. The van der Waals surface area contributed by atoms with Gasteiger partial charge in [0.15, 0.2) is 5.69 Å². The largest absolute Gasteiger partial charge is 0.506 e. The predicted octanol–water partition coefficient (Wildman–Crippen LogP) is 1.18. The fourth-order valence-electron chi connectivity index (χ4n) is 1.32. The number of hydrogen-bond acceptors (Lipinski definition) is 4. The highest BCUT2D eigenvalue weighted by molar-refractivity contribution is 9.10. The molecule has 1 amide bonds. The van der Waals surface area contributed by atoms with Crippen LogP contribution >= 0.6 is 15.9 Å². The Bertz CT molecular complexity index is 599. The number of aromatic hydroxyl groups is 1. The van der Waals surface area contributed by atoms with Gasteiger partial charge in [-0.25, -0.2) is 4.39 Å². The van der Waals surface area contributed by atoms with E-state index in [0.717, 1.165) is 6.07 Å². The number of amides is 1. The van der Waals surface area contributed by atoms with Crippen molar-refractivity contribution in [3.63, 3.8) is 0 Å². The van der Waals surface area contributed by atoms with Crippen LogP contribution in [0.5, 0.6) is 5.75 Å². The number of nitrogens with one attached hydrogen (secondary N) is 1. The molecular formula is C9H6BrFN4O2. The second-order valence-electron chi connectivity index (χ2n) is 3.14. The number of nitrogens with two attached hydrogens (primary N) is 1. The van der Waals surface area contributed by atoms with Crippen LogP contribution in [-0.2, 0) is 0 Å². The quantitative estimate of drug-likeness (QED) is 0.774. The molecule has 0 fully saturated rings. The number of phenols is 1. The van der Waals surface area contributed by atoms with Crippen molar-refractivity contribution in [2.24, 2.45) is 5.73 Å². The number of benzene rings is 1. The van der Waals surface area contributed by atoms with Crippen molar-refractivity contribution in [2.45, 2.75) is 0 Å². The number of rotatable bonds is 2. The van der Waals surface area contributed by atoms with E-state index in [0.29, 0.717) is 0 Å². The van der Waals surface area contributed by atoms with Crippen LogP contribution in [0.2, 0.25) is 0 Å². The summed E-state index contributed by atoms with van der Waals surface area (Å²) in [6.07, 6.45) is 0. The van der Waals surface area contributed by atoms with Gasteiger partial charge < -0.3 is 10.8 Å². The highest BCUT2D eigenvalue weighted by Crippen LogP contribution is 2.36. The van der Waals surface area contributed by atoms with Crippen LogP contribution in [0.3, 0.4) is 0 Å². The third kappa shape index (κ3) is 1.86. The third-order valence-electron chi connectivity index (χ3n) is 2.11. The van der Waals surface area contributed by atoms with E-state index in [9.17, 15) is 14.3 Å². The number of aromatic nitrogens is 3. The van der Waals surface area contributed by atoms with E-state index in [-0.39, 0.29) is 27.2 Å². The lowest BCUT2D eigenvalue weighted by Crippen LogP contribution is -2.12. The Morgan fingerprint density at radius 1 is 1.47 bits per heavy atom. The molecule has 0 saturated heterocycles. The molecule has 2 aromatic rings. The first-order valence-electron chi connectivity index (χ1n) is 4.40. The molecule has 6 nitrogen and oxygen atoms in total. The van der Waals surface area contributed by atoms with Crippen molar-refractivity contribution in [3.8, 4) is 17.0 Å². The molecule has 0 aliphatic heterocycles. The maximum Gasteiger partial charge on any atom is 0.271 e. The molecule has 17 heavy (non-hydrogen) atoms. The zero-order valence-electron chi connectivity index (χ0n) is 8.24. The Morgan fingerprint density at radius 2 is 2.18 bits per heavy atom. The van der Waals surface area contributed by atoms with Crippen molar-refractivity contribution >= 4 is 21.8 Å². The summed E-state index contributed by atoms with van der Waals surface area (Å²) in [5, 5.41) is 19.2. The van der Waals surface area contributed by atoms with Crippen LogP contribution in [0.15, 0.2) is 16.6 Å². The summed E-state index contributed by atoms with van der Waals surface area (Å²) in [4.78, 5) is 11.1. The van der Waals surface area contributed by atoms with E-state index in [4.69, 9.17) is 5.73 Å². The maximum absolute atomic E-state index is 13.1. The van der Waals surface area contributed by atoms with Gasteiger partial charge in [0.1, 0.15) is 17.3 Å². The molecule has 0 bridgehead atoms. The minimum Gasteiger partial charge on any atom is -0.506 e. The first-order chi connectivity index (χ1) is 8.02. The molecule has 0 unspecified atom stereocenters. The van der Waals surface area contributed by atoms with Crippen LogP contribution in [-0.4, -0.2) is 26.4 Å². The molecule has 0 aliphatic carbocycles. The molecular weight excluding hydrogens is 295 g/mol. The van der Waals surface area contributed by atoms with Gasteiger partial charge in [0, 0.05) is 5.56 Å². The number of carbonyl (C=O) groups is 1. The van der Waals surface area contributed by atoms with Gasteiger partial charge in [-0.1, -0.05) is 0 Å². The number of nitrogens with zero attached hydrogens (tertiary/aromatic N) is 2. The first-order valence-corrected chi connectivity index (χ1v) is 5.19. The SMILES string of the molecule is NC(=O)c1n[nH]nc1-c1ccc(F)c(Br)c1O. The first kappa shape index (κ1) is 11.5. The van der Waals surface area contributed by atoms with Crippen LogP contribution in [0.4, 0.5) is 4.39 Å². The van der Waals surface area contributed by atoms with E-state index in [2.05, 4.69) is 31.3 Å². The summed E-state index contributed by atoms with van der Waals surface area (Å²) < 4.78 is 13.0. The van der Waals surface area contributed by atoms with Crippen LogP contribution in [0, 0.1) is 5.82 Å². The van der Waals surface area contributed by atoms with Crippen molar-refractivity contribution in [1.29, 1.82) is 0 Å². The third-order valence-corrected chi connectivity index (χ3v) is 2.86. The lowest BCUT2D eigenvalue weighted by molar-refractivity contribution is 0.0996. The normalized spacial score (nSPS) is 10.5. The maximum atomic E-state index is 13.1. The van der Waals surface area contributed by atoms with E-state index < -0.39 is 11.7 Å². The summed E-state index contributed by atoms with van der Waals surface area (Å²) in [5.74, 6) is -1.80. The van der Waals surface area contributed by atoms with Crippen LogP contribution in [0.25, 0.3) is 11.3 Å². The Kier molecular flexibility index (Phi) is 2.80. The summed E-state index contributed by atoms with van der Waals surface area (Å²) in [6, 6.07) is 2.40. The molecule has 1 aromatic carbocycles. The van der Waals surface area contributed by atoms with Gasteiger partial charge >= 0.3 is 0 Å². The zero-order valence-corrected chi connectivity index (χ0v) is 9.82. The molecule has 0 radical (unpaired) electrons. The lowest BCUT2D eigenvalue weighted by Gasteiger charge is -2.04. The topological polar surface area (TPSA) is 105 Å². The molecule has 0 saturated carbocycles. The van der Waals surface area contributed by atoms with Gasteiger partial charge in [0.2, 0.25) is 0 Å². The van der Waals surface area contributed by atoms with Gasteiger partial charge in [-0.15, -0.1) is 0 Å². The Balaban J connectivity index is 2.65. The number of carbonyl (C=O) groups excluding carboxylic acids is 1. The molecule has 0 aliphatic rings. The molecule has 1 heterocycles. The number of phenolic OH excluding ortho intramolecular Hbond substituents is 1. The molecule has 2 rings (SSSR count). The van der Waals surface area contributed by atoms with Crippen molar-refractivity contribution in [2.75, 3.05) is 0 Å². The number of hydrogen-bond donors (Lipinski definition) is 3.